The highest BCUT2D eigenvalue weighted by atomic mass is 16.2. The molecular weight excluding hydrogens is 418 g/mol. The van der Waals surface area contributed by atoms with Crippen molar-refractivity contribution in [2.24, 2.45) is 0 Å². The zero-order chi connectivity index (χ0) is 23.8. The van der Waals surface area contributed by atoms with Crippen LogP contribution in [0, 0.1) is 0 Å². The van der Waals surface area contributed by atoms with Crippen molar-refractivity contribution in [2.75, 3.05) is 18.4 Å². The Hall–Kier alpha value is -3.52. The molecule has 0 fully saturated rings. The molecule has 3 rings (SSSR count). The Labute approximate surface area is 193 Å². The lowest BCUT2D eigenvalue weighted by molar-refractivity contribution is -0.125. The van der Waals surface area contributed by atoms with Gasteiger partial charge in [-0.25, -0.2) is 4.98 Å². The Morgan fingerprint density at radius 3 is 2.55 bits per heavy atom. The highest BCUT2D eigenvalue weighted by molar-refractivity contribution is 5.95. The normalized spacial score (nSPS) is 12.0. The summed E-state index contributed by atoms with van der Waals surface area (Å²) in [6.45, 7) is 6.36. The largest absolute Gasteiger partial charge is 0.346 e. The lowest BCUT2D eigenvalue weighted by atomic mass is 10.1. The van der Waals surface area contributed by atoms with E-state index in [1.54, 1.807) is 18.2 Å². The zero-order valence-corrected chi connectivity index (χ0v) is 19.4. The van der Waals surface area contributed by atoms with Gasteiger partial charge in [-0.3, -0.25) is 19.3 Å². The number of nitrogens with one attached hydrogen (secondary N) is 3. The van der Waals surface area contributed by atoms with Crippen LogP contribution in [0.15, 0.2) is 53.3 Å². The van der Waals surface area contributed by atoms with Crippen LogP contribution in [0.3, 0.4) is 0 Å². The van der Waals surface area contributed by atoms with Crippen LogP contribution in [0.5, 0.6) is 0 Å². The third kappa shape index (κ3) is 6.49. The third-order valence-corrected chi connectivity index (χ3v) is 5.69. The zero-order valence-electron chi connectivity index (χ0n) is 19.4. The minimum atomic E-state index is -0.278. The van der Waals surface area contributed by atoms with E-state index in [1.165, 1.54) is 0 Å². The summed E-state index contributed by atoms with van der Waals surface area (Å²) in [5.41, 5.74) is 2.21. The molecule has 3 N–H and O–H groups in total. The number of carbonyl (C=O) groups is 2. The van der Waals surface area contributed by atoms with Crippen molar-refractivity contribution < 1.29 is 9.59 Å². The van der Waals surface area contributed by atoms with Gasteiger partial charge in [-0.05, 0) is 43.5 Å². The van der Waals surface area contributed by atoms with E-state index < -0.39 is 0 Å². The molecule has 0 saturated carbocycles. The molecule has 0 aliphatic rings. The van der Waals surface area contributed by atoms with Crippen molar-refractivity contribution in [1.29, 1.82) is 0 Å². The standard InChI is InChI=1S/C25H31N5O3/c1-4-17(3)30(15-22-27-21-13-9-7-11-19(21)25(33)29-22)16-24(32)26-14-23(31)28-20-12-8-6-10-18(20)5-2/h6-13,17H,4-5,14-16H2,1-3H3,(H,26,32)(H,28,31)(H,27,29,33). The average molecular weight is 450 g/mol. The molecule has 3 aromatic rings. The number of hydrogen-bond acceptors (Lipinski definition) is 5. The molecule has 0 aliphatic heterocycles. The predicted molar refractivity (Wildman–Crippen MR) is 130 cm³/mol. The number of amides is 2. The summed E-state index contributed by atoms with van der Waals surface area (Å²) >= 11 is 0. The van der Waals surface area contributed by atoms with E-state index in [4.69, 9.17) is 0 Å². The van der Waals surface area contributed by atoms with Crippen LogP contribution in [0.2, 0.25) is 0 Å². The lowest BCUT2D eigenvalue weighted by Crippen LogP contribution is -2.43. The summed E-state index contributed by atoms with van der Waals surface area (Å²) < 4.78 is 0. The van der Waals surface area contributed by atoms with Crippen LogP contribution in [-0.4, -0.2) is 45.8 Å². The Kier molecular flexibility index (Phi) is 8.32. The maximum Gasteiger partial charge on any atom is 0.258 e. The van der Waals surface area contributed by atoms with Crippen molar-refractivity contribution >= 4 is 28.4 Å². The van der Waals surface area contributed by atoms with Crippen LogP contribution in [0.4, 0.5) is 5.69 Å². The summed E-state index contributed by atoms with van der Waals surface area (Å²) in [5.74, 6) is -0.0436. The molecule has 0 aliphatic carbocycles. The second-order valence-corrected chi connectivity index (χ2v) is 8.03. The number of hydrogen-bond donors (Lipinski definition) is 3. The van der Waals surface area contributed by atoms with Gasteiger partial charge in [0.2, 0.25) is 11.8 Å². The van der Waals surface area contributed by atoms with Crippen LogP contribution < -0.4 is 16.2 Å². The average Bonchev–Trinajstić information content (AvgIpc) is 2.82. The molecule has 0 bridgehead atoms. The molecule has 1 unspecified atom stereocenters. The highest BCUT2D eigenvalue weighted by Gasteiger charge is 2.19. The van der Waals surface area contributed by atoms with E-state index >= 15 is 0 Å². The molecule has 8 nitrogen and oxygen atoms in total. The van der Waals surface area contributed by atoms with Crippen LogP contribution in [0.25, 0.3) is 10.9 Å². The van der Waals surface area contributed by atoms with Gasteiger partial charge in [0.1, 0.15) is 5.82 Å². The van der Waals surface area contributed by atoms with Crippen molar-refractivity contribution in [1.82, 2.24) is 20.2 Å². The highest BCUT2D eigenvalue weighted by Crippen LogP contribution is 2.15. The fraction of sp³-hybridized carbons (Fsp3) is 0.360. The summed E-state index contributed by atoms with van der Waals surface area (Å²) in [5, 5.41) is 6.07. The van der Waals surface area contributed by atoms with Gasteiger partial charge in [0.15, 0.2) is 0 Å². The van der Waals surface area contributed by atoms with Crippen LogP contribution in [-0.2, 0) is 22.6 Å². The van der Waals surface area contributed by atoms with Gasteiger partial charge in [-0.2, -0.15) is 0 Å². The second-order valence-electron chi connectivity index (χ2n) is 8.03. The van der Waals surface area contributed by atoms with Gasteiger partial charge in [0.25, 0.3) is 5.56 Å². The Bertz CT molecular complexity index is 1170. The van der Waals surface area contributed by atoms with Crippen molar-refractivity contribution in [2.45, 2.75) is 46.2 Å². The van der Waals surface area contributed by atoms with Gasteiger partial charge in [0.05, 0.1) is 30.5 Å². The first kappa shape index (κ1) is 24.1. The van der Waals surface area contributed by atoms with Crippen LogP contribution in [0.1, 0.15) is 38.6 Å². The number of aromatic amines is 1. The Morgan fingerprint density at radius 2 is 1.79 bits per heavy atom. The number of aryl methyl sites for hydroxylation is 1. The van der Waals surface area contributed by atoms with Gasteiger partial charge in [-0.15, -0.1) is 0 Å². The second kappa shape index (κ2) is 11.4. The fourth-order valence-corrected chi connectivity index (χ4v) is 3.59. The van der Waals surface area contributed by atoms with Crippen molar-refractivity contribution in [3.63, 3.8) is 0 Å². The molecule has 8 heteroatoms. The Morgan fingerprint density at radius 1 is 1.06 bits per heavy atom. The minimum Gasteiger partial charge on any atom is -0.346 e. The van der Waals surface area contributed by atoms with E-state index in [1.807, 2.05) is 56.0 Å². The quantitative estimate of drug-likeness (QED) is 0.441. The fourth-order valence-electron chi connectivity index (χ4n) is 3.59. The molecule has 0 saturated heterocycles. The van der Waals surface area contributed by atoms with Gasteiger partial charge in [-0.1, -0.05) is 44.2 Å². The summed E-state index contributed by atoms with van der Waals surface area (Å²) in [6, 6.07) is 14.8. The molecule has 2 amide bonds. The molecule has 0 radical (unpaired) electrons. The molecule has 1 atom stereocenters. The van der Waals surface area contributed by atoms with Crippen molar-refractivity contribution in [3.8, 4) is 0 Å². The monoisotopic (exact) mass is 449 g/mol. The minimum absolute atomic E-state index is 0.0813. The number of aromatic nitrogens is 2. The number of rotatable bonds is 10. The Balaban J connectivity index is 1.61. The van der Waals surface area contributed by atoms with E-state index in [0.717, 1.165) is 24.1 Å². The number of H-pyrrole nitrogens is 1. The summed E-state index contributed by atoms with van der Waals surface area (Å²) in [6.07, 6.45) is 1.62. The molecular formula is C25H31N5O3. The molecule has 1 heterocycles. The maximum absolute atomic E-state index is 12.6. The number of benzene rings is 2. The summed E-state index contributed by atoms with van der Waals surface area (Å²) in [7, 11) is 0. The van der Waals surface area contributed by atoms with Crippen LogP contribution >= 0.6 is 0 Å². The number of carbonyl (C=O) groups excluding carboxylic acids is 2. The third-order valence-electron chi connectivity index (χ3n) is 5.69. The first-order valence-electron chi connectivity index (χ1n) is 11.3. The maximum atomic E-state index is 12.6. The molecule has 174 valence electrons. The molecule has 0 spiro atoms. The number of anilines is 1. The van der Waals surface area contributed by atoms with E-state index in [2.05, 4.69) is 20.6 Å². The molecule has 1 aromatic heterocycles. The first-order valence-corrected chi connectivity index (χ1v) is 11.3. The smallest absolute Gasteiger partial charge is 0.258 e. The number of para-hydroxylation sites is 2. The van der Waals surface area contributed by atoms with Gasteiger partial charge in [0, 0.05) is 11.7 Å². The summed E-state index contributed by atoms with van der Waals surface area (Å²) in [4.78, 5) is 46.6. The lowest BCUT2D eigenvalue weighted by Gasteiger charge is -2.27. The number of fused-ring (bicyclic) bond motifs is 1. The van der Waals surface area contributed by atoms with Gasteiger partial charge >= 0.3 is 0 Å². The molecule has 33 heavy (non-hydrogen) atoms. The molecule has 2 aromatic carbocycles. The van der Waals surface area contributed by atoms with E-state index in [0.29, 0.717) is 23.3 Å². The van der Waals surface area contributed by atoms with Crippen molar-refractivity contribution in [3.05, 3.63) is 70.3 Å². The number of nitrogens with zero attached hydrogens (tertiary/aromatic N) is 2. The SMILES string of the molecule is CCc1ccccc1NC(=O)CNC(=O)CN(Cc1nc2ccccc2c(=O)[nH]1)C(C)CC. The van der Waals surface area contributed by atoms with E-state index in [9.17, 15) is 14.4 Å². The van der Waals surface area contributed by atoms with E-state index in [-0.39, 0.29) is 36.5 Å². The predicted octanol–water partition coefficient (Wildman–Crippen LogP) is 2.84. The topological polar surface area (TPSA) is 107 Å². The first-order chi connectivity index (χ1) is 15.9. The van der Waals surface area contributed by atoms with Gasteiger partial charge < -0.3 is 15.6 Å².